The average Bonchev–Trinajstić information content (AvgIpc) is 3.45. The highest BCUT2D eigenvalue weighted by Gasteiger charge is 2.32. The third-order valence-corrected chi connectivity index (χ3v) is 6.05. The Morgan fingerprint density at radius 1 is 1.10 bits per heavy atom. The Balaban J connectivity index is 1.37. The fourth-order valence-electron chi connectivity index (χ4n) is 4.09. The van der Waals surface area contributed by atoms with Crippen molar-refractivity contribution in [1.29, 1.82) is 0 Å². The van der Waals surface area contributed by atoms with E-state index in [2.05, 4.69) is 72.3 Å². The smallest absolute Gasteiger partial charge is 0.272 e. The molecule has 1 aliphatic carbocycles. The summed E-state index contributed by atoms with van der Waals surface area (Å²) in [5, 5.41) is 7.72. The van der Waals surface area contributed by atoms with Gasteiger partial charge in [-0.15, -0.1) is 0 Å². The van der Waals surface area contributed by atoms with Crippen molar-refractivity contribution in [3.8, 4) is 0 Å². The van der Waals surface area contributed by atoms with Crippen molar-refractivity contribution in [2.24, 2.45) is 0 Å². The molecule has 1 aromatic carbocycles. The third-order valence-electron chi connectivity index (χ3n) is 6.05. The van der Waals surface area contributed by atoms with Gasteiger partial charge in [0.1, 0.15) is 5.69 Å². The number of nitrogens with zero attached hydrogens (tertiary/aromatic N) is 4. The van der Waals surface area contributed by atoms with Gasteiger partial charge in [0.2, 0.25) is 0 Å². The maximum absolute atomic E-state index is 12.8. The Bertz CT molecular complexity index is 885. The van der Waals surface area contributed by atoms with Crippen LogP contribution in [0.15, 0.2) is 30.3 Å². The third kappa shape index (κ3) is 5.10. The molecule has 0 radical (unpaired) electrons. The van der Waals surface area contributed by atoms with E-state index in [1.54, 1.807) is 0 Å². The first-order valence-corrected chi connectivity index (χ1v) is 11.2. The minimum Gasteiger partial charge on any atom is -0.347 e. The highest BCUT2D eigenvalue weighted by atomic mass is 16.1. The zero-order valence-electron chi connectivity index (χ0n) is 18.8. The molecule has 1 aliphatic heterocycles. The lowest BCUT2D eigenvalue weighted by atomic mass is 10.1. The Labute approximate surface area is 180 Å². The summed E-state index contributed by atoms with van der Waals surface area (Å²) >= 11 is 0. The molecule has 1 aromatic heterocycles. The van der Waals surface area contributed by atoms with E-state index in [-0.39, 0.29) is 11.4 Å². The summed E-state index contributed by atoms with van der Waals surface area (Å²) in [4.78, 5) is 17.7. The molecule has 2 aliphatic rings. The van der Waals surface area contributed by atoms with E-state index in [9.17, 15) is 4.79 Å². The zero-order chi connectivity index (χ0) is 21.3. The summed E-state index contributed by atoms with van der Waals surface area (Å²) < 4.78 is 2.04. The minimum absolute atomic E-state index is 0.0932. The molecule has 1 N–H and O–H groups in total. The number of benzene rings is 1. The molecule has 0 unspecified atom stereocenters. The second kappa shape index (κ2) is 8.52. The maximum atomic E-state index is 12.8. The topological polar surface area (TPSA) is 53.4 Å². The minimum atomic E-state index is -0.117. The standard InChI is InChI=1S/C24H35N5O/c1-24(2,3)29-22(20-8-9-20)15-21(26-29)23(30)25-16-18-6-5-7-19(14-18)17-28-12-10-27(4)11-13-28/h5-7,14-15,20H,8-13,16-17H2,1-4H3,(H,25,30). The lowest BCUT2D eigenvalue weighted by molar-refractivity contribution is 0.0944. The van der Waals surface area contributed by atoms with Crippen LogP contribution in [0.3, 0.4) is 0 Å². The van der Waals surface area contributed by atoms with Crippen LogP contribution in [-0.2, 0) is 18.6 Å². The van der Waals surface area contributed by atoms with Gasteiger partial charge in [0, 0.05) is 50.9 Å². The van der Waals surface area contributed by atoms with E-state index in [1.807, 2.05) is 10.7 Å². The van der Waals surface area contributed by atoms with Gasteiger partial charge in [-0.05, 0) is 57.9 Å². The number of likely N-dealkylation sites (N-methyl/N-ethyl adjacent to an activating group) is 1. The number of rotatable bonds is 6. The number of hydrogen-bond acceptors (Lipinski definition) is 4. The molecule has 2 aromatic rings. The molecule has 1 saturated heterocycles. The lowest BCUT2D eigenvalue weighted by Crippen LogP contribution is -2.43. The van der Waals surface area contributed by atoms with E-state index >= 15 is 0 Å². The van der Waals surface area contributed by atoms with Crippen LogP contribution in [0, 0.1) is 0 Å². The summed E-state index contributed by atoms with van der Waals surface area (Å²) in [5.74, 6) is 0.467. The second-order valence-corrected chi connectivity index (χ2v) is 9.89. The van der Waals surface area contributed by atoms with Crippen LogP contribution < -0.4 is 5.32 Å². The summed E-state index contributed by atoms with van der Waals surface area (Å²) in [6.07, 6.45) is 2.39. The zero-order valence-corrected chi connectivity index (χ0v) is 18.8. The van der Waals surface area contributed by atoms with Crippen LogP contribution in [0.5, 0.6) is 0 Å². The summed E-state index contributed by atoms with van der Waals surface area (Å²) in [5.41, 5.74) is 4.04. The van der Waals surface area contributed by atoms with Crippen LogP contribution >= 0.6 is 0 Å². The van der Waals surface area contributed by atoms with Crippen LogP contribution in [-0.4, -0.2) is 58.7 Å². The van der Waals surface area contributed by atoms with E-state index in [4.69, 9.17) is 0 Å². The second-order valence-electron chi connectivity index (χ2n) is 9.89. The molecule has 2 fully saturated rings. The molecule has 1 amide bonds. The van der Waals surface area contributed by atoms with Gasteiger partial charge in [-0.1, -0.05) is 24.3 Å². The number of hydrogen-bond donors (Lipinski definition) is 1. The predicted molar refractivity (Wildman–Crippen MR) is 120 cm³/mol. The average molecular weight is 410 g/mol. The monoisotopic (exact) mass is 409 g/mol. The molecule has 6 heteroatoms. The van der Waals surface area contributed by atoms with Gasteiger partial charge in [-0.25, -0.2) is 0 Å². The molecule has 30 heavy (non-hydrogen) atoms. The molecular formula is C24H35N5O. The van der Waals surface area contributed by atoms with Crippen LogP contribution in [0.1, 0.15) is 66.8 Å². The number of carbonyl (C=O) groups excluding carboxylic acids is 1. The van der Waals surface area contributed by atoms with Gasteiger partial charge < -0.3 is 10.2 Å². The summed E-state index contributed by atoms with van der Waals surface area (Å²) in [6.45, 7) is 12.4. The molecule has 0 atom stereocenters. The van der Waals surface area contributed by atoms with Crippen LogP contribution in [0.4, 0.5) is 0 Å². The quantitative estimate of drug-likeness (QED) is 0.796. The first-order valence-electron chi connectivity index (χ1n) is 11.2. The Hall–Kier alpha value is -2.18. The Morgan fingerprint density at radius 2 is 1.80 bits per heavy atom. The Kier molecular flexibility index (Phi) is 5.98. The van der Waals surface area contributed by atoms with Crippen molar-refractivity contribution >= 4 is 5.91 Å². The SMILES string of the molecule is CN1CCN(Cc2cccc(CNC(=O)c3cc(C4CC4)n(C(C)(C)C)n3)c2)CC1. The molecule has 162 valence electrons. The number of amides is 1. The molecule has 1 saturated carbocycles. The first-order chi connectivity index (χ1) is 14.3. The number of aromatic nitrogens is 2. The van der Waals surface area contributed by atoms with E-state index in [0.29, 0.717) is 18.2 Å². The van der Waals surface area contributed by atoms with E-state index < -0.39 is 0 Å². The highest BCUT2D eigenvalue weighted by Crippen LogP contribution is 2.41. The van der Waals surface area contributed by atoms with Crippen molar-refractivity contribution in [3.63, 3.8) is 0 Å². The molecule has 6 nitrogen and oxygen atoms in total. The molecule has 2 heterocycles. The van der Waals surface area contributed by atoms with Gasteiger partial charge in [-0.2, -0.15) is 5.10 Å². The Morgan fingerprint density at radius 3 is 2.47 bits per heavy atom. The van der Waals surface area contributed by atoms with Gasteiger partial charge in [0.05, 0.1) is 5.54 Å². The number of carbonyl (C=O) groups is 1. The predicted octanol–water partition coefficient (Wildman–Crippen LogP) is 3.19. The van der Waals surface area contributed by atoms with Gasteiger partial charge in [0.25, 0.3) is 5.91 Å². The molecular weight excluding hydrogens is 374 g/mol. The van der Waals surface area contributed by atoms with Crippen LogP contribution in [0.25, 0.3) is 0 Å². The highest BCUT2D eigenvalue weighted by molar-refractivity contribution is 5.92. The largest absolute Gasteiger partial charge is 0.347 e. The fraction of sp³-hybridized carbons (Fsp3) is 0.583. The van der Waals surface area contributed by atoms with Crippen molar-refractivity contribution in [2.45, 2.75) is 58.2 Å². The van der Waals surface area contributed by atoms with Gasteiger partial charge in [-0.3, -0.25) is 14.4 Å². The first kappa shape index (κ1) is 21.1. The van der Waals surface area contributed by atoms with Gasteiger partial charge in [0.15, 0.2) is 0 Å². The van der Waals surface area contributed by atoms with Gasteiger partial charge >= 0.3 is 0 Å². The molecule has 4 rings (SSSR count). The van der Waals surface area contributed by atoms with Crippen LogP contribution in [0.2, 0.25) is 0 Å². The van der Waals surface area contributed by atoms with E-state index in [1.165, 1.54) is 24.1 Å². The number of nitrogens with one attached hydrogen (secondary N) is 1. The number of piperazine rings is 1. The lowest BCUT2D eigenvalue weighted by Gasteiger charge is -2.32. The summed E-state index contributed by atoms with van der Waals surface area (Å²) in [7, 11) is 2.18. The van der Waals surface area contributed by atoms with Crippen molar-refractivity contribution in [2.75, 3.05) is 33.2 Å². The molecule has 0 spiro atoms. The normalized spacial score (nSPS) is 18.5. The maximum Gasteiger partial charge on any atom is 0.272 e. The van der Waals surface area contributed by atoms with Crippen molar-refractivity contribution in [1.82, 2.24) is 24.9 Å². The van der Waals surface area contributed by atoms with Crippen molar-refractivity contribution < 1.29 is 4.79 Å². The van der Waals surface area contributed by atoms with E-state index in [0.717, 1.165) is 38.3 Å². The molecule has 0 bridgehead atoms. The fourth-order valence-corrected chi connectivity index (χ4v) is 4.09. The summed E-state index contributed by atoms with van der Waals surface area (Å²) in [6, 6.07) is 10.5. The van der Waals surface area contributed by atoms with Crippen molar-refractivity contribution in [3.05, 3.63) is 52.8 Å².